The number of nitrogens with zero attached hydrogens (tertiary/aromatic N) is 2. The van der Waals surface area contributed by atoms with Gasteiger partial charge in [0.2, 0.25) is 0 Å². The van der Waals surface area contributed by atoms with E-state index in [0.717, 1.165) is 6.42 Å². The number of carboxylic acids is 1. The first-order valence-corrected chi connectivity index (χ1v) is 7.90. The second kappa shape index (κ2) is 7.26. The average Bonchev–Trinajstić information content (AvgIpc) is 2.80. The van der Waals surface area contributed by atoms with Crippen LogP contribution in [-0.2, 0) is 9.59 Å². The zero-order chi connectivity index (χ0) is 17.0. The number of amides is 1. The van der Waals surface area contributed by atoms with E-state index < -0.39 is 24.0 Å². The molecule has 0 spiro atoms. The summed E-state index contributed by atoms with van der Waals surface area (Å²) in [7, 11) is 0. The minimum absolute atomic E-state index is 0.330. The van der Waals surface area contributed by atoms with Crippen molar-refractivity contribution in [2.75, 3.05) is 0 Å². The van der Waals surface area contributed by atoms with Crippen molar-refractivity contribution >= 4 is 11.9 Å². The first-order valence-electron chi connectivity index (χ1n) is 7.90. The molecule has 0 saturated heterocycles. The minimum atomic E-state index is -1.05. The van der Waals surface area contributed by atoms with Crippen molar-refractivity contribution in [2.45, 2.75) is 51.6 Å². The van der Waals surface area contributed by atoms with Gasteiger partial charge >= 0.3 is 5.97 Å². The second-order valence-electron chi connectivity index (χ2n) is 5.62. The first-order chi connectivity index (χ1) is 11.0. The number of carbonyl (C=O) groups excluding carboxylic acids is 1. The van der Waals surface area contributed by atoms with E-state index in [1.165, 1.54) is 4.90 Å². The quantitative estimate of drug-likeness (QED) is 0.806. The zero-order valence-corrected chi connectivity index (χ0v) is 13.4. The number of carboxylic acid groups (broad SMARTS) is 1. The minimum Gasteiger partial charge on any atom is -0.503 e. The lowest BCUT2D eigenvalue weighted by molar-refractivity contribution is -0.150. The summed E-state index contributed by atoms with van der Waals surface area (Å²) in [6.07, 6.45) is 5.59. The zero-order valence-electron chi connectivity index (χ0n) is 13.4. The maximum absolute atomic E-state index is 12.5. The molecule has 1 aromatic rings. The fourth-order valence-electron chi connectivity index (χ4n) is 3.04. The Balaban J connectivity index is 2.47. The fraction of sp³-hybridized carbons (Fsp3) is 0.471. The molecule has 0 saturated carbocycles. The standard InChI is InChI=1S/C17H22N2O4/c1-3-5-8-13(17(22)23)19-14(11-7-6-9-18-10-11)12(4-2)15(20)16(19)21/h6-7,9-10,13-14,20H,3-5,8H2,1-2H3,(H,22,23). The molecule has 1 aromatic heterocycles. The molecule has 0 radical (unpaired) electrons. The number of rotatable bonds is 7. The third-order valence-corrected chi connectivity index (χ3v) is 4.18. The van der Waals surface area contributed by atoms with E-state index in [2.05, 4.69) is 4.98 Å². The lowest BCUT2D eigenvalue weighted by Gasteiger charge is -2.32. The number of aliphatic hydroxyl groups is 1. The average molecular weight is 318 g/mol. The van der Waals surface area contributed by atoms with Gasteiger partial charge in [0.05, 0.1) is 6.04 Å². The van der Waals surface area contributed by atoms with E-state index >= 15 is 0 Å². The van der Waals surface area contributed by atoms with Crippen molar-refractivity contribution < 1.29 is 19.8 Å². The van der Waals surface area contributed by atoms with Crippen LogP contribution in [0.3, 0.4) is 0 Å². The van der Waals surface area contributed by atoms with Gasteiger partial charge in [-0.25, -0.2) is 4.79 Å². The lowest BCUT2D eigenvalue weighted by atomic mass is 9.97. The predicted octanol–water partition coefficient (Wildman–Crippen LogP) is 2.83. The van der Waals surface area contributed by atoms with Crippen LogP contribution in [-0.4, -0.2) is 38.0 Å². The summed E-state index contributed by atoms with van der Waals surface area (Å²) in [6, 6.07) is 2.01. The molecule has 2 atom stereocenters. The van der Waals surface area contributed by atoms with Gasteiger partial charge in [0, 0.05) is 18.0 Å². The summed E-state index contributed by atoms with van der Waals surface area (Å²) in [6.45, 7) is 3.81. The lowest BCUT2D eigenvalue weighted by Crippen LogP contribution is -2.44. The highest BCUT2D eigenvalue weighted by molar-refractivity contribution is 5.98. The van der Waals surface area contributed by atoms with E-state index in [1.807, 2.05) is 13.8 Å². The molecule has 2 N–H and O–H groups in total. The highest BCUT2D eigenvalue weighted by Gasteiger charge is 2.45. The maximum Gasteiger partial charge on any atom is 0.326 e. The van der Waals surface area contributed by atoms with Crippen LogP contribution in [0, 0.1) is 0 Å². The molecule has 0 fully saturated rings. The molecule has 2 unspecified atom stereocenters. The Bertz CT molecular complexity index is 612. The van der Waals surface area contributed by atoms with Crippen molar-refractivity contribution in [2.24, 2.45) is 0 Å². The molecule has 1 aliphatic rings. The first kappa shape index (κ1) is 17.0. The number of aromatic nitrogens is 1. The molecule has 1 aliphatic heterocycles. The number of hydrogen-bond donors (Lipinski definition) is 2. The Morgan fingerprint density at radius 3 is 2.70 bits per heavy atom. The Morgan fingerprint density at radius 1 is 1.43 bits per heavy atom. The SMILES string of the molecule is CCCCC(C(=O)O)N1C(=O)C(O)=C(CC)C1c1cccnc1. The van der Waals surface area contributed by atoms with Gasteiger partial charge in [-0.1, -0.05) is 32.8 Å². The normalized spacial score (nSPS) is 19.3. The van der Waals surface area contributed by atoms with Gasteiger partial charge in [0.1, 0.15) is 6.04 Å². The molecular weight excluding hydrogens is 296 g/mol. The van der Waals surface area contributed by atoms with E-state index in [-0.39, 0.29) is 5.76 Å². The van der Waals surface area contributed by atoms with Crippen molar-refractivity contribution in [3.63, 3.8) is 0 Å². The van der Waals surface area contributed by atoms with Crippen LogP contribution in [0.4, 0.5) is 0 Å². The monoisotopic (exact) mass is 318 g/mol. The van der Waals surface area contributed by atoms with Gasteiger partial charge in [-0.2, -0.15) is 0 Å². The summed E-state index contributed by atoms with van der Waals surface area (Å²) < 4.78 is 0. The van der Waals surface area contributed by atoms with Gasteiger partial charge in [0.15, 0.2) is 5.76 Å². The van der Waals surface area contributed by atoms with Crippen LogP contribution < -0.4 is 0 Å². The number of pyridine rings is 1. The summed E-state index contributed by atoms with van der Waals surface area (Å²) >= 11 is 0. The van der Waals surface area contributed by atoms with E-state index in [4.69, 9.17) is 0 Å². The highest BCUT2D eigenvalue weighted by Crippen LogP contribution is 2.40. The van der Waals surface area contributed by atoms with Crippen molar-refractivity contribution in [3.8, 4) is 0 Å². The van der Waals surface area contributed by atoms with Gasteiger partial charge < -0.3 is 15.1 Å². The van der Waals surface area contributed by atoms with Crippen LogP contribution in [0.15, 0.2) is 35.9 Å². The number of aliphatic carboxylic acids is 1. The summed E-state index contributed by atoms with van der Waals surface area (Å²) in [5, 5.41) is 19.8. The molecule has 6 nitrogen and oxygen atoms in total. The van der Waals surface area contributed by atoms with Crippen LogP contribution in [0.25, 0.3) is 0 Å². The molecule has 124 valence electrons. The molecule has 2 heterocycles. The van der Waals surface area contributed by atoms with E-state index in [1.54, 1.807) is 24.5 Å². The fourth-order valence-corrected chi connectivity index (χ4v) is 3.04. The number of aliphatic hydroxyl groups excluding tert-OH is 1. The van der Waals surface area contributed by atoms with Crippen LogP contribution in [0.2, 0.25) is 0 Å². The highest BCUT2D eigenvalue weighted by atomic mass is 16.4. The third kappa shape index (κ3) is 3.21. The smallest absolute Gasteiger partial charge is 0.326 e. The number of hydrogen-bond acceptors (Lipinski definition) is 4. The molecule has 23 heavy (non-hydrogen) atoms. The topological polar surface area (TPSA) is 90.7 Å². The Labute approximate surface area is 135 Å². The van der Waals surface area contributed by atoms with Crippen LogP contribution in [0.5, 0.6) is 0 Å². The largest absolute Gasteiger partial charge is 0.503 e. The van der Waals surface area contributed by atoms with Crippen molar-refractivity contribution in [1.29, 1.82) is 0 Å². The van der Waals surface area contributed by atoms with E-state index in [9.17, 15) is 19.8 Å². The molecule has 0 aliphatic carbocycles. The summed E-state index contributed by atoms with van der Waals surface area (Å²) in [5.41, 5.74) is 1.26. The molecule has 0 bridgehead atoms. The van der Waals surface area contributed by atoms with Crippen LogP contribution in [0.1, 0.15) is 51.1 Å². The van der Waals surface area contributed by atoms with Crippen molar-refractivity contribution in [3.05, 3.63) is 41.4 Å². The Kier molecular flexibility index (Phi) is 5.36. The number of unbranched alkanes of at least 4 members (excludes halogenated alkanes) is 1. The molecule has 6 heteroatoms. The Morgan fingerprint density at radius 2 is 2.17 bits per heavy atom. The molecule has 2 rings (SSSR count). The molecule has 0 aromatic carbocycles. The summed E-state index contributed by atoms with van der Waals surface area (Å²) in [4.78, 5) is 29.6. The second-order valence-corrected chi connectivity index (χ2v) is 5.62. The van der Waals surface area contributed by atoms with Gasteiger partial charge in [-0.15, -0.1) is 0 Å². The van der Waals surface area contributed by atoms with Gasteiger partial charge in [-0.3, -0.25) is 9.78 Å². The summed E-state index contributed by atoms with van der Waals surface area (Å²) in [5.74, 6) is -1.99. The van der Waals surface area contributed by atoms with E-state index in [0.29, 0.717) is 30.4 Å². The van der Waals surface area contributed by atoms with Crippen molar-refractivity contribution in [1.82, 2.24) is 9.88 Å². The Hall–Kier alpha value is -2.37. The maximum atomic E-state index is 12.5. The van der Waals surface area contributed by atoms with Crippen LogP contribution >= 0.6 is 0 Å². The predicted molar refractivity (Wildman–Crippen MR) is 84.7 cm³/mol. The van der Waals surface area contributed by atoms with Gasteiger partial charge in [-0.05, 0) is 24.5 Å². The van der Waals surface area contributed by atoms with Gasteiger partial charge in [0.25, 0.3) is 5.91 Å². The molecular formula is C17H22N2O4. The molecule has 1 amide bonds. The number of carbonyl (C=O) groups is 2. The third-order valence-electron chi connectivity index (χ3n) is 4.18.